The zero-order chi connectivity index (χ0) is 78.7. The fourth-order valence-corrected chi connectivity index (χ4v) is 29.9. The molecule has 117 heavy (non-hydrogen) atoms. The molecule has 0 bridgehead atoms. The molecule has 2 aliphatic rings. The average Bonchev–Trinajstić information content (AvgIpc) is 0.976. The summed E-state index contributed by atoms with van der Waals surface area (Å²) < 4.78 is 5.15. The Morgan fingerprint density at radius 3 is 0.880 bits per heavy atom. The molecule has 0 aliphatic carbocycles. The second-order valence-corrected chi connectivity index (χ2v) is 41.4. The van der Waals surface area contributed by atoms with Gasteiger partial charge in [-0.1, -0.05) is 399 Å². The van der Waals surface area contributed by atoms with E-state index in [1.54, 1.807) is 0 Å². The van der Waals surface area contributed by atoms with Gasteiger partial charge < -0.3 is 18.9 Å². The zero-order valence-corrected chi connectivity index (χ0v) is 68.7. The Morgan fingerprint density at radius 1 is 0.231 bits per heavy atom. The van der Waals surface area contributed by atoms with Crippen molar-refractivity contribution in [2.45, 2.75) is 52.4 Å². The molecule has 0 saturated heterocycles. The molecule has 2 aromatic heterocycles. The quantitative estimate of drug-likeness (QED) is 0.0797. The maximum atomic E-state index is 2.66. The molecule has 0 radical (unpaired) electrons. The van der Waals surface area contributed by atoms with Crippen LogP contribution in [0.2, 0.25) is 0 Å². The van der Waals surface area contributed by atoms with Crippen molar-refractivity contribution in [1.82, 2.24) is 9.13 Å². The Bertz CT molecular complexity index is 6430. The van der Waals surface area contributed by atoms with Crippen molar-refractivity contribution in [2.75, 3.05) is 9.80 Å². The molecule has 0 unspecified atom stereocenters. The van der Waals surface area contributed by atoms with E-state index in [1.165, 1.54) is 113 Å². The third-order valence-corrected chi connectivity index (χ3v) is 34.8. The fraction of sp³-hybridized carbons (Fsp3) is 0.0727. The summed E-state index contributed by atoms with van der Waals surface area (Å²) in [5.74, 6) is 0. The van der Waals surface area contributed by atoms with Gasteiger partial charge in [-0.05, 0) is 152 Å². The number of benzene rings is 17. The van der Waals surface area contributed by atoms with Crippen LogP contribution in [0.5, 0.6) is 0 Å². The van der Waals surface area contributed by atoms with E-state index in [-0.39, 0.29) is 17.5 Å². The largest absolute Gasteiger partial charge is 0.311 e. The normalized spacial score (nSPS) is 12.8. The van der Waals surface area contributed by atoms with Gasteiger partial charge in [-0.3, -0.25) is 0 Å². The molecule has 0 saturated carbocycles. The van der Waals surface area contributed by atoms with Crippen molar-refractivity contribution in [2.24, 2.45) is 0 Å². The summed E-state index contributed by atoms with van der Waals surface area (Å²) in [4.78, 5) is 5.32. The van der Waals surface area contributed by atoms with Crippen LogP contribution >= 0.6 is 0 Å². The topological polar surface area (TPSA) is 16.3 Å². The third-order valence-electron chi connectivity index (χ3n) is 25.2. The summed E-state index contributed by atoms with van der Waals surface area (Å²) in [7, 11) is -5.99. The smallest absolute Gasteiger partial charge is 0.252 e. The first kappa shape index (κ1) is 71.2. The molecule has 0 N–H and O–H groups in total. The van der Waals surface area contributed by atoms with Gasteiger partial charge in [0.2, 0.25) is 0 Å². The van der Waals surface area contributed by atoms with Crippen LogP contribution in [0.15, 0.2) is 419 Å². The maximum Gasteiger partial charge on any atom is 0.252 e. The highest BCUT2D eigenvalue weighted by Crippen LogP contribution is 2.50. The first-order valence-corrected chi connectivity index (χ1v) is 45.2. The molecular formula is C110H87BN4Si2. The third kappa shape index (κ3) is 11.3. The van der Waals surface area contributed by atoms with E-state index >= 15 is 0 Å². The molecule has 0 spiro atoms. The molecule has 17 aromatic carbocycles. The molecule has 7 heteroatoms. The molecule has 4 heterocycles. The van der Waals surface area contributed by atoms with Gasteiger partial charge >= 0.3 is 0 Å². The number of rotatable bonds is 14. The maximum absolute atomic E-state index is 3.00. The zero-order valence-electron chi connectivity index (χ0n) is 66.7. The van der Waals surface area contributed by atoms with Crippen LogP contribution in [0.1, 0.15) is 52.7 Å². The summed E-state index contributed by atoms with van der Waals surface area (Å²) in [6, 6.07) is 160. The fourth-order valence-electron chi connectivity index (χ4n) is 20.3. The van der Waals surface area contributed by atoms with Gasteiger partial charge in [0.1, 0.15) is 0 Å². The number of para-hydroxylation sites is 6. The van der Waals surface area contributed by atoms with Crippen molar-refractivity contribution in [1.29, 1.82) is 0 Å². The standard InChI is InChI=1S/C110H87BN4Si2/c1-109(2,3)94-60-35-58-92-90-56-27-31-64-100(90)112(107(92)94)78-68-70-96-104(74-78)114(98-62-29-25-54-88(98)76-38-33-52-86(72-76)116(80-40-13-7-14-41-80,81-42-15-8-16-43-81)82-44-17-9-18-45-82)102-66-37-67-103-106(102)111(96)97-71-69-79(113-101-65-32-28-57-91(101)93-59-36-61-95(108(93)113)110(4,5)6)75-105(97)115(103)99-63-30-26-55-89(99)77-39-34-53-87(73-77)117(83-46-19-10-20-47-83,84-48-21-11-22-49-84)85-50-23-12-24-51-85/h7-75H,1-6H3. The van der Waals surface area contributed by atoms with Crippen LogP contribution in [0, 0.1) is 0 Å². The van der Waals surface area contributed by atoms with Crippen LogP contribution in [-0.2, 0) is 10.8 Å². The molecule has 0 amide bonds. The first-order valence-electron chi connectivity index (χ1n) is 41.2. The van der Waals surface area contributed by atoms with Crippen molar-refractivity contribution in [3.05, 3.63) is 430 Å². The number of nitrogens with zero attached hydrogens (tertiary/aromatic N) is 4. The summed E-state index contributed by atoms with van der Waals surface area (Å²) in [6.45, 7) is 13.9. The second kappa shape index (κ2) is 28.2. The molecule has 4 nitrogen and oxygen atoms in total. The minimum absolute atomic E-state index is 0.166. The average molecular weight is 1530 g/mol. The van der Waals surface area contributed by atoms with Crippen LogP contribution in [-0.4, -0.2) is 32.0 Å². The van der Waals surface area contributed by atoms with Crippen LogP contribution < -0.4 is 67.7 Å². The molecule has 558 valence electrons. The Balaban J connectivity index is 0.846. The lowest BCUT2D eigenvalue weighted by Gasteiger charge is -2.45. The lowest BCUT2D eigenvalue weighted by Crippen LogP contribution is -2.74. The van der Waals surface area contributed by atoms with Gasteiger partial charge in [0, 0.05) is 66.8 Å². The predicted octanol–water partition coefficient (Wildman–Crippen LogP) is 20.6. The van der Waals surface area contributed by atoms with Crippen molar-refractivity contribution >= 4 is 158 Å². The van der Waals surface area contributed by atoms with E-state index in [4.69, 9.17) is 0 Å². The van der Waals surface area contributed by atoms with Crippen molar-refractivity contribution in [3.8, 4) is 33.6 Å². The van der Waals surface area contributed by atoms with E-state index < -0.39 is 16.1 Å². The minimum Gasteiger partial charge on any atom is -0.311 e. The second-order valence-electron chi connectivity index (χ2n) is 33.8. The van der Waals surface area contributed by atoms with Gasteiger partial charge in [-0.2, -0.15) is 0 Å². The summed E-state index contributed by atoms with van der Waals surface area (Å²) in [5, 5.41) is 15.6. The van der Waals surface area contributed by atoms with Crippen molar-refractivity contribution < 1.29 is 0 Å². The number of hydrogen-bond donors (Lipinski definition) is 0. The molecule has 19 aromatic rings. The van der Waals surface area contributed by atoms with Crippen LogP contribution in [0.3, 0.4) is 0 Å². The SMILES string of the molecule is CC(C)(C)c1cccc2c3ccccc3n(-c3ccc4c(c3)N(c3ccccc3-c3cccc([Si](c5ccccc5)(c5ccccc5)c5ccccc5)c3)c3cccc5c3B4c3ccc(-n4c6ccccc6c6cccc(C(C)(C)C)c64)cc3N5c3ccccc3-c3cccc([Si](c4ccccc4)(c4ccccc4)c4ccccc4)c3)c12. The Labute approximate surface area is 688 Å². The summed E-state index contributed by atoms with van der Waals surface area (Å²) >= 11 is 0. The summed E-state index contributed by atoms with van der Waals surface area (Å²) in [5.41, 5.74) is 24.3. The number of hydrogen-bond acceptors (Lipinski definition) is 2. The van der Waals surface area contributed by atoms with Crippen molar-refractivity contribution in [3.63, 3.8) is 0 Å². The highest BCUT2D eigenvalue weighted by molar-refractivity contribution is 7.20. The lowest BCUT2D eigenvalue weighted by atomic mass is 9.33. The summed E-state index contributed by atoms with van der Waals surface area (Å²) in [6.07, 6.45) is 0. The molecule has 0 atom stereocenters. The van der Waals surface area contributed by atoms with E-state index in [0.717, 1.165) is 67.8 Å². The molecule has 0 fully saturated rings. The van der Waals surface area contributed by atoms with E-state index in [2.05, 4.69) is 479 Å². The van der Waals surface area contributed by atoms with Gasteiger partial charge in [-0.15, -0.1) is 0 Å². The number of aromatic nitrogens is 2. The van der Waals surface area contributed by atoms with Gasteiger partial charge in [0.05, 0.1) is 33.4 Å². The van der Waals surface area contributed by atoms with Crippen LogP contribution in [0.25, 0.3) is 77.2 Å². The van der Waals surface area contributed by atoms with E-state index in [1.807, 2.05) is 0 Å². The highest BCUT2D eigenvalue weighted by Gasteiger charge is 2.47. The first-order chi connectivity index (χ1) is 57.4. The predicted molar refractivity (Wildman–Crippen MR) is 505 cm³/mol. The van der Waals surface area contributed by atoms with Gasteiger partial charge in [0.25, 0.3) is 6.71 Å². The molecule has 21 rings (SSSR count). The Kier molecular flexibility index (Phi) is 17.2. The molecular weight excluding hydrogens is 1440 g/mol. The van der Waals surface area contributed by atoms with E-state index in [9.17, 15) is 0 Å². The van der Waals surface area contributed by atoms with E-state index in [0.29, 0.717) is 0 Å². The number of fused-ring (bicyclic) bond motifs is 10. The number of anilines is 6. The lowest BCUT2D eigenvalue weighted by molar-refractivity contribution is 0.593. The Hall–Kier alpha value is -13.6. The van der Waals surface area contributed by atoms with Gasteiger partial charge in [0.15, 0.2) is 16.1 Å². The Morgan fingerprint density at radius 2 is 0.521 bits per heavy atom. The minimum atomic E-state index is -3.00. The van der Waals surface area contributed by atoms with Gasteiger partial charge in [-0.25, -0.2) is 0 Å². The highest BCUT2D eigenvalue weighted by atomic mass is 28.3. The molecule has 2 aliphatic heterocycles. The monoisotopic (exact) mass is 1530 g/mol. The van der Waals surface area contributed by atoms with Crippen LogP contribution in [0.4, 0.5) is 34.1 Å².